The molecular weight excluding hydrogens is 200 g/mol. The third-order valence-corrected chi connectivity index (χ3v) is 3.48. The van der Waals surface area contributed by atoms with Gasteiger partial charge in [0.15, 0.2) is 0 Å². The van der Waals surface area contributed by atoms with Gasteiger partial charge < -0.3 is 4.74 Å². The summed E-state index contributed by atoms with van der Waals surface area (Å²) in [7, 11) is 1.47. The quantitative estimate of drug-likeness (QED) is 0.713. The Balaban J connectivity index is 2.53. The summed E-state index contributed by atoms with van der Waals surface area (Å²) < 4.78 is 4.93. The van der Waals surface area contributed by atoms with Gasteiger partial charge in [0.25, 0.3) is 0 Å². The van der Waals surface area contributed by atoms with Gasteiger partial charge in [-0.3, -0.25) is 4.79 Å². The molecule has 0 N–H and O–H groups in total. The molecule has 1 aromatic carbocycles. The van der Waals surface area contributed by atoms with Crippen LogP contribution in [0, 0.1) is 20.8 Å². The van der Waals surface area contributed by atoms with Crippen molar-refractivity contribution in [3.63, 3.8) is 0 Å². The second-order valence-electron chi connectivity index (χ2n) is 4.85. The molecular formula is C14H18O2. The number of ether oxygens (including phenoxy) is 1. The number of hydrogen-bond donors (Lipinski definition) is 0. The molecule has 1 aliphatic carbocycles. The van der Waals surface area contributed by atoms with Crippen molar-refractivity contribution in [2.45, 2.75) is 39.0 Å². The topological polar surface area (TPSA) is 26.3 Å². The molecule has 2 heteroatoms. The average molecular weight is 218 g/mol. The Kier molecular flexibility index (Phi) is 2.53. The maximum Gasteiger partial charge on any atom is 0.316 e. The Morgan fingerprint density at radius 1 is 1.19 bits per heavy atom. The second-order valence-corrected chi connectivity index (χ2v) is 4.85. The number of rotatable bonds is 2. The lowest BCUT2D eigenvalue weighted by Crippen LogP contribution is -2.24. The van der Waals surface area contributed by atoms with Crippen molar-refractivity contribution in [1.82, 2.24) is 0 Å². The lowest BCUT2D eigenvalue weighted by Gasteiger charge is -2.19. The van der Waals surface area contributed by atoms with Crippen molar-refractivity contribution in [2.75, 3.05) is 7.11 Å². The number of methoxy groups -OCH3 is 1. The van der Waals surface area contributed by atoms with Crippen LogP contribution in [0.4, 0.5) is 0 Å². The summed E-state index contributed by atoms with van der Waals surface area (Å²) in [5, 5.41) is 0. The lowest BCUT2D eigenvalue weighted by molar-refractivity contribution is -0.143. The van der Waals surface area contributed by atoms with E-state index < -0.39 is 0 Å². The fourth-order valence-corrected chi connectivity index (χ4v) is 2.81. The zero-order chi connectivity index (χ0) is 11.9. The zero-order valence-electron chi connectivity index (χ0n) is 10.4. The van der Waals surface area contributed by atoms with Gasteiger partial charge in [-0.2, -0.15) is 0 Å². The summed E-state index contributed by atoms with van der Waals surface area (Å²) in [6, 6.07) is 4.29. The zero-order valence-corrected chi connectivity index (χ0v) is 10.4. The van der Waals surface area contributed by atoms with Crippen molar-refractivity contribution in [1.29, 1.82) is 0 Å². The first-order valence-corrected chi connectivity index (χ1v) is 5.68. The molecule has 16 heavy (non-hydrogen) atoms. The highest BCUT2D eigenvalue weighted by atomic mass is 16.5. The monoisotopic (exact) mass is 218 g/mol. The number of esters is 1. The molecule has 86 valence electrons. The van der Waals surface area contributed by atoms with Crippen LogP contribution in [0.15, 0.2) is 12.1 Å². The summed E-state index contributed by atoms with van der Waals surface area (Å²) >= 11 is 0. The molecule has 0 amide bonds. The molecule has 1 aromatic rings. The van der Waals surface area contributed by atoms with Crippen molar-refractivity contribution in [3.8, 4) is 0 Å². The molecule has 1 aliphatic rings. The van der Waals surface area contributed by atoms with E-state index in [1.54, 1.807) is 0 Å². The third kappa shape index (κ3) is 1.53. The SMILES string of the molecule is COC(=O)C1(c2c(C)cc(C)cc2C)CC1. The maximum absolute atomic E-state index is 11.9. The Hall–Kier alpha value is -1.31. The smallest absolute Gasteiger partial charge is 0.316 e. The number of aryl methyl sites for hydroxylation is 3. The minimum Gasteiger partial charge on any atom is -0.468 e. The summed E-state index contributed by atoms with van der Waals surface area (Å²) in [4.78, 5) is 11.9. The van der Waals surface area contributed by atoms with Gasteiger partial charge in [-0.25, -0.2) is 0 Å². The Labute approximate surface area is 96.6 Å². The molecule has 0 aliphatic heterocycles. The van der Waals surface area contributed by atoms with E-state index in [-0.39, 0.29) is 11.4 Å². The Morgan fingerprint density at radius 2 is 1.69 bits per heavy atom. The van der Waals surface area contributed by atoms with Crippen LogP contribution in [0.2, 0.25) is 0 Å². The largest absolute Gasteiger partial charge is 0.468 e. The molecule has 2 nitrogen and oxygen atoms in total. The molecule has 0 atom stereocenters. The summed E-state index contributed by atoms with van der Waals surface area (Å²) in [5.41, 5.74) is 4.52. The van der Waals surface area contributed by atoms with Crippen LogP contribution in [0.3, 0.4) is 0 Å². The molecule has 2 rings (SSSR count). The Morgan fingerprint density at radius 3 is 2.06 bits per heavy atom. The lowest BCUT2D eigenvalue weighted by atomic mass is 9.87. The van der Waals surface area contributed by atoms with Gasteiger partial charge in [0.1, 0.15) is 0 Å². The number of carbonyl (C=O) groups excluding carboxylic acids is 1. The van der Waals surface area contributed by atoms with E-state index in [1.165, 1.54) is 29.4 Å². The number of hydrogen-bond acceptors (Lipinski definition) is 2. The first-order valence-electron chi connectivity index (χ1n) is 5.68. The number of benzene rings is 1. The van der Waals surface area contributed by atoms with Gasteiger partial charge in [-0.15, -0.1) is 0 Å². The highest BCUT2D eigenvalue weighted by Gasteiger charge is 2.53. The number of carbonyl (C=O) groups is 1. The van der Waals surface area contributed by atoms with E-state index in [0.717, 1.165) is 12.8 Å². The maximum atomic E-state index is 11.9. The molecule has 0 radical (unpaired) electrons. The van der Waals surface area contributed by atoms with Gasteiger partial charge in [0.05, 0.1) is 12.5 Å². The van der Waals surface area contributed by atoms with E-state index in [4.69, 9.17) is 4.74 Å². The van der Waals surface area contributed by atoms with Gasteiger partial charge in [0, 0.05) is 0 Å². The molecule has 0 saturated heterocycles. The standard InChI is InChI=1S/C14H18O2/c1-9-7-10(2)12(11(3)8-9)14(5-6-14)13(15)16-4/h7-8H,5-6H2,1-4H3. The highest BCUT2D eigenvalue weighted by Crippen LogP contribution is 2.51. The molecule has 0 bridgehead atoms. The van der Waals surface area contributed by atoms with Crippen LogP contribution in [-0.4, -0.2) is 13.1 Å². The average Bonchev–Trinajstić information content (AvgIpc) is 2.96. The van der Waals surface area contributed by atoms with Gasteiger partial charge in [-0.05, 0) is 50.3 Å². The van der Waals surface area contributed by atoms with Crippen molar-refractivity contribution in [2.24, 2.45) is 0 Å². The third-order valence-electron chi connectivity index (χ3n) is 3.48. The molecule has 0 heterocycles. The summed E-state index contributed by atoms with van der Waals surface area (Å²) in [5.74, 6) is -0.0810. The first kappa shape index (κ1) is 11.2. The fourth-order valence-electron chi connectivity index (χ4n) is 2.81. The van der Waals surface area contributed by atoms with Crippen LogP contribution >= 0.6 is 0 Å². The second kappa shape index (κ2) is 3.62. The van der Waals surface area contributed by atoms with E-state index in [1.807, 2.05) is 0 Å². The van der Waals surface area contributed by atoms with Crippen LogP contribution in [0.5, 0.6) is 0 Å². The van der Waals surface area contributed by atoms with E-state index in [2.05, 4.69) is 32.9 Å². The molecule has 0 aromatic heterocycles. The van der Waals surface area contributed by atoms with Crippen LogP contribution in [0.25, 0.3) is 0 Å². The fraction of sp³-hybridized carbons (Fsp3) is 0.500. The normalized spacial score (nSPS) is 17.0. The molecule has 0 unspecified atom stereocenters. The molecule has 0 spiro atoms. The molecule has 1 saturated carbocycles. The molecule has 1 fully saturated rings. The van der Waals surface area contributed by atoms with Crippen LogP contribution in [0.1, 0.15) is 35.1 Å². The van der Waals surface area contributed by atoms with Crippen LogP contribution < -0.4 is 0 Å². The van der Waals surface area contributed by atoms with Crippen molar-refractivity contribution < 1.29 is 9.53 Å². The summed E-state index contributed by atoms with van der Waals surface area (Å²) in [6.07, 6.45) is 1.84. The van der Waals surface area contributed by atoms with Gasteiger partial charge in [-0.1, -0.05) is 17.7 Å². The van der Waals surface area contributed by atoms with E-state index >= 15 is 0 Å². The first-order chi connectivity index (χ1) is 7.51. The van der Waals surface area contributed by atoms with Gasteiger partial charge in [0.2, 0.25) is 0 Å². The van der Waals surface area contributed by atoms with Gasteiger partial charge >= 0.3 is 5.97 Å². The minimum absolute atomic E-state index is 0.0810. The predicted octanol–water partition coefficient (Wildman–Crippen LogP) is 2.82. The van der Waals surface area contributed by atoms with Crippen molar-refractivity contribution in [3.05, 3.63) is 34.4 Å². The highest BCUT2D eigenvalue weighted by molar-refractivity contribution is 5.87. The van der Waals surface area contributed by atoms with Crippen molar-refractivity contribution >= 4 is 5.97 Å². The van der Waals surface area contributed by atoms with E-state index in [9.17, 15) is 4.79 Å². The van der Waals surface area contributed by atoms with E-state index in [0.29, 0.717) is 0 Å². The summed E-state index contributed by atoms with van der Waals surface area (Å²) in [6.45, 7) is 6.25. The minimum atomic E-state index is -0.337. The van der Waals surface area contributed by atoms with Crippen LogP contribution in [-0.2, 0) is 14.9 Å². The predicted molar refractivity (Wildman–Crippen MR) is 63.6 cm³/mol. The Bertz CT molecular complexity index is 419.